The van der Waals surface area contributed by atoms with E-state index in [1.165, 1.54) is 5.56 Å². The number of ether oxygens (including phenoxy) is 1. The van der Waals surface area contributed by atoms with Crippen LogP contribution in [0.5, 0.6) is 0 Å². The van der Waals surface area contributed by atoms with Crippen LogP contribution in [0.4, 0.5) is 5.69 Å². The summed E-state index contributed by atoms with van der Waals surface area (Å²) in [6, 6.07) is 12.4. The largest absolute Gasteiger partial charge is 0.383 e. The lowest BCUT2D eigenvalue weighted by Crippen LogP contribution is -2.27. The quantitative estimate of drug-likeness (QED) is 0.802. The molecule has 0 unspecified atom stereocenters. The predicted molar refractivity (Wildman–Crippen MR) is 94.5 cm³/mol. The van der Waals surface area contributed by atoms with Crippen LogP contribution in [-0.2, 0) is 4.74 Å². The third-order valence-electron chi connectivity index (χ3n) is 3.74. The molecule has 0 bridgehead atoms. The summed E-state index contributed by atoms with van der Waals surface area (Å²) in [6.07, 6.45) is 0. The van der Waals surface area contributed by atoms with Crippen molar-refractivity contribution in [1.82, 2.24) is 5.32 Å². The van der Waals surface area contributed by atoms with E-state index < -0.39 is 0 Å². The summed E-state index contributed by atoms with van der Waals surface area (Å²) in [7, 11) is 1.57. The Morgan fingerprint density at radius 3 is 2.33 bits per heavy atom. The number of hydrogen-bond acceptors (Lipinski definition) is 3. The first-order valence-electron chi connectivity index (χ1n) is 7.77. The van der Waals surface area contributed by atoms with Gasteiger partial charge in [-0.3, -0.25) is 9.59 Å². The number of carbonyl (C=O) groups excluding carboxylic acids is 2. The van der Waals surface area contributed by atoms with Crippen LogP contribution in [-0.4, -0.2) is 32.1 Å². The van der Waals surface area contributed by atoms with Crippen molar-refractivity contribution in [2.24, 2.45) is 0 Å². The van der Waals surface area contributed by atoms with Crippen molar-refractivity contribution in [2.75, 3.05) is 25.6 Å². The molecule has 24 heavy (non-hydrogen) atoms. The molecule has 126 valence electrons. The maximum Gasteiger partial charge on any atom is 0.255 e. The molecule has 0 aliphatic carbocycles. The molecule has 0 fully saturated rings. The van der Waals surface area contributed by atoms with E-state index in [0.29, 0.717) is 24.3 Å². The first-order chi connectivity index (χ1) is 11.5. The van der Waals surface area contributed by atoms with Gasteiger partial charge < -0.3 is 15.4 Å². The highest BCUT2D eigenvalue weighted by Gasteiger charge is 2.11. The number of amides is 2. The number of hydrogen-bond donors (Lipinski definition) is 2. The van der Waals surface area contributed by atoms with E-state index in [0.717, 1.165) is 11.3 Å². The molecule has 2 amide bonds. The van der Waals surface area contributed by atoms with Crippen LogP contribution in [0.1, 0.15) is 31.8 Å². The minimum absolute atomic E-state index is 0.229. The Kier molecular flexibility index (Phi) is 6.09. The minimum Gasteiger partial charge on any atom is -0.383 e. The van der Waals surface area contributed by atoms with E-state index >= 15 is 0 Å². The SMILES string of the molecule is COCCNC(=O)c1cccc(C(=O)Nc2ccc(C)c(C)c2)c1. The molecule has 0 saturated heterocycles. The fourth-order valence-electron chi connectivity index (χ4n) is 2.19. The van der Waals surface area contributed by atoms with Crippen molar-refractivity contribution >= 4 is 17.5 Å². The molecular weight excluding hydrogens is 304 g/mol. The van der Waals surface area contributed by atoms with Crippen LogP contribution in [0, 0.1) is 13.8 Å². The lowest BCUT2D eigenvalue weighted by molar-refractivity contribution is 0.0937. The van der Waals surface area contributed by atoms with E-state index in [1.54, 1.807) is 31.4 Å². The molecule has 0 radical (unpaired) electrons. The molecule has 0 aliphatic rings. The van der Waals surface area contributed by atoms with Crippen molar-refractivity contribution < 1.29 is 14.3 Å². The Hall–Kier alpha value is -2.66. The Balaban J connectivity index is 2.08. The van der Waals surface area contributed by atoms with Gasteiger partial charge in [0.2, 0.25) is 0 Å². The fourth-order valence-corrected chi connectivity index (χ4v) is 2.19. The smallest absolute Gasteiger partial charge is 0.255 e. The second-order valence-electron chi connectivity index (χ2n) is 5.58. The molecule has 2 aromatic rings. The van der Waals surface area contributed by atoms with Crippen LogP contribution in [0.2, 0.25) is 0 Å². The van der Waals surface area contributed by atoms with Gasteiger partial charge in [0.1, 0.15) is 0 Å². The molecule has 0 spiro atoms. The van der Waals surface area contributed by atoms with Gasteiger partial charge in [0.25, 0.3) is 11.8 Å². The number of rotatable bonds is 6. The highest BCUT2D eigenvalue weighted by Crippen LogP contribution is 2.15. The number of aryl methyl sites for hydroxylation is 2. The molecule has 2 aromatic carbocycles. The number of anilines is 1. The Morgan fingerprint density at radius 1 is 0.958 bits per heavy atom. The third kappa shape index (κ3) is 4.67. The van der Waals surface area contributed by atoms with Crippen molar-refractivity contribution in [3.8, 4) is 0 Å². The van der Waals surface area contributed by atoms with Crippen molar-refractivity contribution in [3.05, 3.63) is 64.7 Å². The predicted octanol–water partition coefficient (Wildman–Crippen LogP) is 2.93. The van der Waals surface area contributed by atoms with E-state index in [4.69, 9.17) is 4.74 Å². The molecule has 0 heterocycles. The van der Waals surface area contributed by atoms with Crippen molar-refractivity contribution in [1.29, 1.82) is 0 Å². The molecule has 0 aliphatic heterocycles. The van der Waals surface area contributed by atoms with E-state index in [2.05, 4.69) is 10.6 Å². The second-order valence-corrected chi connectivity index (χ2v) is 5.58. The van der Waals surface area contributed by atoms with Crippen molar-refractivity contribution in [3.63, 3.8) is 0 Å². The van der Waals surface area contributed by atoms with Gasteiger partial charge >= 0.3 is 0 Å². The molecule has 0 atom stereocenters. The maximum absolute atomic E-state index is 12.4. The number of nitrogens with one attached hydrogen (secondary N) is 2. The summed E-state index contributed by atoms with van der Waals surface area (Å²) in [5.74, 6) is -0.474. The standard InChI is InChI=1S/C19H22N2O3/c1-13-7-8-17(11-14(13)2)21-19(23)16-6-4-5-15(12-16)18(22)20-9-10-24-3/h4-8,11-12H,9-10H2,1-3H3,(H,20,22)(H,21,23). The van der Waals surface area contributed by atoms with Crippen LogP contribution in [0.3, 0.4) is 0 Å². The molecule has 0 saturated carbocycles. The highest BCUT2D eigenvalue weighted by molar-refractivity contribution is 6.06. The van der Waals surface area contributed by atoms with Crippen molar-refractivity contribution in [2.45, 2.75) is 13.8 Å². The second kappa shape index (κ2) is 8.26. The Bertz CT molecular complexity index is 741. The molecule has 5 nitrogen and oxygen atoms in total. The summed E-state index contributed by atoms with van der Waals surface area (Å²) in [6.45, 7) is 4.88. The van der Waals surface area contributed by atoms with E-state index in [-0.39, 0.29) is 11.8 Å². The lowest BCUT2D eigenvalue weighted by Gasteiger charge is -2.09. The molecule has 5 heteroatoms. The first-order valence-corrected chi connectivity index (χ1v) is 7.77. The minimum atomic E-state index is -0.246. The Labute approximate surface area is 142 Å². The molecular formula is C19H22N2O3. The molecule has 2 rings (SSSR count). The fraction of sp³-hybridized carbons (Fsp3) is 0.263. The van der Waals surface area contributed by atoms with Crippen LogP contribution >= 0.6 is 0 Å². The average molecular weight is 326 g/mol. The Morgan fingerprint density at radius 2 is 1.67 bits per heavy atom. The lowest BCUT2D eigenvalue weighted by atomic mass is 10.1. The normalized spacial score (nSPS) is 10.3. The van der Waals surface area contributed by atoms with E-state index in [9.17, 15) is 9.59 Å². The molecule has 0 aromatic heterocycles. The zero-order chi connectivity index (χ0) is 17.5. The van der Waals surface area contributed by atoms with Gasteiger partial charge in [-0.25, -0.2) is 0 Å². The zero-order valence-electron chi connectivity index (χ0n) is 14.2. The molecule has 2 N–H and O–H groups in total. The van der Waals surface area contributed by atoms with Crippen LogP contribution < -0.4 is 10.6 Å². The van der Waals surface area contributed by atoms with Gasteiger partial charge in [0.15, 0.2) is 0 Å². The van der Waals surface area contributed by atoms with Gasteiger partial charge in [0.05, 0.1) is 6.61 Å². The third-order valence-corrected chi connectivity index (χ3v) is 3.74. The highest BCUT2D eigenvalue weighted by atomic mass is 16.5. The van der Waals surface area contributed by atoms with Gasteiger partial charge in [-0.15, -0.1) is 0 Å². The van der Waals surface area contributed by atoms with Gasteiger partial charge in [-0.2, -0.15) is 0 Å². The van der Waals surface area contributed by atoms with Gasteiger partial charge in [-0.1, -0.05) is 12.1 Å². The summed E-state index contributed by atoms with van der Waals surface area (Å²) in [5.41, 5.74) is 3.89. The summed E-state index contributed by atoms with van der Waals surface area (Å²) < 4.78 is 4.90. The number of carbonyl (C=O) groups is 2. The van der Waals surface area contributed by atoms with Gasteiger partial charge in [0, 0.05) is 30.5 Å². The zero-order valence-corrected chi connectivity index (χ0v) is 14.2. The van der Waals surface area contributed by atoms with Crippen LogP contribution in [0.25, 0.3) is 0 Å². The number of benzene rings is 2. The summed E-state index contributed by atoms with van der Waals surface area (Å²) in [5, 5.41) is 5.59. The van der Waals surface area contributed by atoms with Gasteiger partial charge in [-0.05, 0) is 55.3 Å². The topological polar surface area (TPSA) is 67.4 Å². The average Bonchev–Trinajstić information content (AvgIpc) is 2.58. The first kappa shape index (κ1) is 17.7. The maximum atomic E-state index is 12.4. The summed E-state index contributed by atoms with van der Waals surface area (Å²) >= 11 is 0. The monoisotopic (exact) mass is 326 g/mol. The summed E-state index contributed by atoms with van der Waals surface area (Å²) in [4.78, 5) is 24.4. The van der Waals surface area contributed by atoms with E-state index in [1.807, 2.05) is 32.0 Å². The van der Waals surface area contributed by atoms with Crippen LogP contribution in [0.15, 0.2) is 42.5 Å². The number of methoxy groups -OCH3 is 1.